The van der Waals surface area contributed by atoms with Crippen LogP contribution in [0, 0.1) is 0 Å². The third-order valence-electron chi connectivity index (χ3n) is 2.63. The maximum Gasteiger partial charge on any atom is 0.278 e. The zero-order valence-corrected chi connectivity index (χ0v) is 8.14. The lowest BCUT2D eigenvalue weighted by atomic mass is 10.1. The minimum absolute atomic E-state index is 0.0424. The zero-order valence-electron chi connectivity index (χ0n) is 8.14. The molecule has 78 valence electrons. The number of pyridine rings is 1. The highest BCUT2D eigenvalue weighted by atomic mass is 16.4. The minimum atomic E-state index is -0.395. The van der Waals surface area contributed by atoms with Crippen LogP contribution in [0.2, 0.25) is 0 Å². The zero-order chi connectivity index (χ0) is 11.1. The van der Waals surface area contributed by atoms with Crippen LogP contribution in [-0.4, -0.2) is 21.8 Å². The SMILES string of the molecule is O=C1Nc2c(ccc3ccncc23)/C1=N/O. The Hall–Kier alpha value is -2.43. The Balaban J connectivity index is 2.39. The Morgan fingerprint density at radius 3 is 3.00 bits per heavy atom. The lowest BCUT2D eigenvalue weighted by Gasteiger charge is -2.02. The van der Waals surface area contributed by atoms with Gasteiger partial charge in [-0.2, -0.15) is 0 Å². The van der Waals surface area contributed by atoms with Gasteiger partial charge in [-0.05, 0) is 17.5 Å². The van der Waals surface area contributed by atoms with Gasteiger partial charge < -0.3 is 10.5 Å². The van der Waals surface area contributed by atoms with Gasteiger partial charge in [-0.3, -0.25) is 9.78 Å². The molecular formula is C11H7N3O2. The van der Waals surface area contributed by atoms with Crippen molar-refractivity contribution >= 4 is 28.1 Å². The summed E-state index contributed by atoms with van der Waals surface area (Å²) in [6, 6.07) is 5.47. The second kappa shape index (κ2) is 3.03. The van der Waals surface area contributed by atoms with Gasteiger partial charge >= 0.3 is 0 Å². The molecule has 5 nitrogen and oxygen atoms in total. The first kappa shape index (κ1) is 8.84. The van der Waals surface area contributed by atoms with Gasteiger partial charge in [-0.25, -0.2) is 0 Å². The van der Waals surface area contributed by atoms with E-state index in [-0.39, 0.29) is 5.71 Å². The van der Waals surface area contributed by atoms with Gasteiger partial charge in [0.25, 0.3) is 5.91 Å². The van der Waals surface area contributed by atoms with Crippen molar-refractivity contribution in [1.29, 1.82) is 0 Å². The van der Waals surface area contributed by atoms with Crippen LogP contribution in [0.15, 0.2) is 35.7 Å². The first-order chi connectivity index (χ1) is 7.81. The molecule has 5 heteroatoms. The molecule has 2 N–H and O–H groups in total. The van der Waals surface area contributed by atoms with Crippen LogP contribution in [-0.2, 0) is 4.79 Å². The highest BCUT2D eigenvalue weighted by molar-refractivity contribution is 6.54. The van der Waals surface area contributed by atoms with Gasteiger partial charge in [0.05, 0.1) is 5.69 Å². The van der Waals surface area contributed by atoms with Crippen molar-refractivity contribution in [2.75, 3.05) is 5.32 Å². The van der Waals surface area contributed by atoms with Gasteiger partial charge in [0.2, 0.25) is 0 Å². The van der Waals surface area contributed by atoms with E-state index in [1.807, 2.05) is 12.1 Å². The van der Waals surface area contributed by atoms with Crippen molar-refractivity contribution < 1.29 is 10.0 Å². The number of amides is 1. The van der Waals surface area contributed by atoms with Crippen molar-refractivity contribution in [3.63, 3.8) is 0 Å². The molecule has 0 aliphatic carbocycles. The number of hydrogen-bond donors (Lipinski definition) is 2. The number of nitrogens with one attached hydrogen (secondary N) is 1. The summed E-state index contributed by atoms with van der Waals surface area (Å²) in [7, 11) is 0. The number of carbonyl (C=O) groups is 1. The molecule has 0 saturated carbocycles. The molecule has 1 aromatic carbocycles. The summed E-state index contributed by atoms with van der Waals surface area (Å²) in [5.41, 5.74) is 1.30. The summed E-state index contributed by atoms with van der Waals surface area (Å²) in [6.07, 6.45) is 3.36. The molecule has 3 rings (SSSR count). The quantitative estimate of drug-likeness (QED) is 0.512. The van der Waals surface area contributed by atoms with Gasteiger partial charge in [0.15, 0.2) is 5.71 Å². The summed E-state index contributed by atoms with van der Waals surface area (Å²) in [4.78, 5) is 15.5. The molecular weight excluding hydrogens is 206 g/mol. The highest BCUT2D eigenvalue weighted by Gasteiger charge is 2.27. The van der Waals surface area contributed by atoms with Gasteiger partial charge in [0, 0.05) is 23.3 Å². The van der Waals surface area contributed by atoms with E-state index in [9.17, 15) is 4.79 Å². The Kier molecular flexibility index (Phi) is 1.67. The second-order valence-electron chi connectivity index (χ2n) is 3.49. The first-order valence-corrected chi connectivity index (χ1v) is 4.72. The molecule has 1 aliphatic heterocycles. The fourth-order valence-corrected chi connectivity index (χ4v) is 1.89. The number of fused-ring (bicyclic) bond motifs is 3. The average molecular weight is 213 g/mol. The van der Waals surface area contributed by atoms with E-state index in [0.29, 0.717) is 11.3 Å². The molecule has 1 aromatic heterocycles. The summed E-state index contributed by atoms with van der Waals surface area (Å²) in [6.45, 7) is 0. The maximum absolute atomic E-state index is 11.5. The molecule has 1 amide bonds. The van der Waals surface area contributed by atoms with Gasteiger partial charge in [-0.15, -0.1) is 0 Å². The molecule has 0 radical (unpaired) electrons. The first-order valence-electron chi connectivity index (χ1n) is 4.72. The fraction of sp³-hybridized carbons (Fsp3) is 0. The molecule has 2 aromatic rings. The molecule has 1 aliphatic rings. The van der Waals surface area contributed by atoms with E-state index in [0.717, 1.165) is 10.8 Å². The normalized spacial score (nSPS) is 16.5. The van der Waals surface area contributed by atoms with Crippen LogP contribution in [0.25, 0.3) is 10.8 Å². The number of carbonyl (C=O) groups excluding carboxylic acids is 1. The topological polar surface area (TPSA) is 74.6 Å². The van der Waals surface area contributed by atoms with Crippen LogP contribution >= 0.6 is 0 Å². The molecule has 16 heavy (non-hydrogen) atoms. The average Bonchev–Trinajstić information content (AvgIpc) is 2.65. The van der Waals surface area contributed by atoms with E-state index in [1.54, 1.807) is 18.5 Å². The number of benzene rings is 1. The van der Waals surface area contributed by atoms with Crippen molar-refractivity contribution in [3.05, 3.63) is 36.2 Å². The standard InChI is InChI=1S/C11H7N3O2/c15-11-10(14-16)7-2-1-6-3-4-12-5-8(6)9(7)13-11/h1-5,16H,(H,13,14,15). The summed E-state index contributed by atoms with van der Waals surface area (Å²) < 4.78 is 0. The maximum atomic E-state index is 11.5. The Labute approximate surface area is 90.4 Å². The summed E-state index contributed by atoms with van der Waals surface area (Å²) >= 11 is 0. The van der Waals surface area contributed by atoms with Crippen molar-refractivity contribution in [2.24, 2.45) is 5.16 Å². The fourth-order valence-electron chi connectivity index (χ4n) is 1.89. The predicted octanol–water partition coefficient (Wildman–Crippen LogP) is 1.37. The largest absolute Gasteiger partial charge is 0.410 e. The van der Waals surface area contributed by atoms with Gasteiger partial charge in [-0.1, -0.05) is 11.2 Å². The number of aromatic nitrogens is 1. The smallest absolute Gasteiger partial charge is 0.278 e. The summed E-state index contributed by atoms with van der Waals surface area (Å²) in [5.74, 6) is -0.395. The molecule has 0 atom stereocenters. The van der Waals surface area contributed by atoms with Crippen LogP contribution in [0.5, 0.6) is 0 Å². The number of nitrogens with zero attached hydrogens (tertiary/aromatic N) is 2. The lowest BCUT2D eigenvalue weighted by Crippen LogP contribution is -2.13. The molecule has 0 saturated heterocycles. The lowest BCUT2D eigenvalue weighted by molar-refractivity contribution is -0.110. The third kappa shape index (κ3) is 1.02. The van der Waals surface area contributed by atoms with E-state index >= 15 is 0 Å². The monoisotopic (exact) mass is 213 g/mol. The van der Waals surface area contributed by atoms with Gasteiger partial charge in [0.1, 0.15) is 0 Å². The predicted molar refractivity (Wildman–Crippen MR) is 58.7 cm³/mol. The number of rotatable bonds is 0. The van der Waals surface area contributed by atoms with Crippen LogP contribution in [0.1, 0.15) is 5.56 Å². The molecule has 2 heterocycles. The van der Waals surface area contributed by atoms with Crippen molar-refractivity contribution in [3.8, 4) is 0 Å². The Morgan fingerprint density at radius 2 is 2.19 bits per heavy atom. The number of anilines is 1. The molecule has 0 bridgehead atoms. The third-order valence-corrected chi connectivity index (χ3v) is 2.63. The van der Waals surface area contributed by atoms with E-state index < -0.39 is 5.91 Å². The minimum Gasteiger partial charge on any atom is -0.410 e. The van der Waals surface area contributed by atoms with Crippen molar-refractivity contribution in [2.45, 2.75) is 0 Å². The van der Waals surface area contributed by atoms with E-state index in [4.69, 9.17) is 5.21 Å². The Morgan fingerprint density at radius 1 is 1.31 bits per heavy atom. The van der Waals surface area contributed by atoms with E-state index in [1.165, 1.54) is 0 Å². The molecule has 0 unspecified atom stereocenters. The van der Waals surface area contributed by atoms with Crippen LogP contribution in [0.4, 0.5) is 5.69 Å². The number of oxime groups is 1. The van der Waals surface area contributed by atoms with E-state index in [2.05, 4.69) is 15.5 Å². The number of hydrogen-bond acceptors (Lipinski definition) is 4. The summed E-state index contributed by atoms with van der Waals surface area (Å²) in [5, 5.41) is 16.3. The van der Waals surface area contributed by atoms with Crippen molar-refractivity contribution in [1.82, 2.24) is 4.98 Å². The molecule has 0 spiro atoms. The molecule has 0 fully saturated rings. The highest BCUT2D eigenvalue weighted by Crippen LogP contribution is 2.31. The Bertz CT molecular complexity index is 634. The van der Waals surface area contributed by atoms with Crippen LogP contribution < -0.4 is 5.32 Å². The van der Waals surface area contributed by atoms with Crippen LogP contribution in [0.3, 0.4) is 0 Å². The second-order valence-corrected chi connectivity index (χ2v) is 3.49.